The minimum atomic E-state index is -0.496. The fourth-order valence-electron chi connectivity index (χ4n) is 1.77. The fourth-order valence-corrected chi connectivity index (χ4v) is 1.77. The van der Waals surface area contributed by atoms with Gasteiger partial charge in [-0.3, -0.25) is 4.79 Å². The smallest absolute Gasteiger partial charge is 0.237 e. The lowest BCUT2D eigenvalue weighted by atomic mass is 10.1. The third-order valence-electron chi connectivity index (χ3n) is 3.03. The van der Waals surface area contributed by atoms with Crippen LogP contribution in [0.3, 0.4) is 0 Å². The van der Waals surface area contributed by atoms with E-state index in [4.69, 9.17) is 16.2 Å². The molecule has 1 aromatic carbocycles. The number of rotatable bonds is 7. The Morgan fingerprint density at radius 2 is 1.95 bits per heavy atom. The van der Waals surface area contributed by atoms with Gasteiger partial charge in [0.15, 0.2) is 0 Å². The average Bonchev–Trinajstić information content (AvgIpc) is 2.44. The van der Waals surface area contributed by atoms with E-state index in [9.17, 15) is 4.79 Å². The van der Waals surface area contributed by atoms with E-state index in [0.29, 0.717) is 13.0 Å². The summed E-state index contributed by atoms with van der Waals surface area (Å²) in [4.78, 5) is 11.9. The summed E-state index contributed by atoms with van der Waals surface area (Å²) >= 11 is 0. The Morgan fingerprint density at radius 3 is 2.45 bits per heavy atom. The molecule has 1 aromatic rings. The summed E-state index contributed by atoms with van der Waals surface area (Å²) in [6.45, 7) is 2.48. The largest absolute Gasteiger partial charge is 0.497 e. The fraction of sp³-hybridized carbons (Fsp3) is 0.500. The summed E-state index contributed by atoms with van der Waals surface area (Å²) in [6.07, 6.45) is 1.36. The molecule has 0 aliphatic heterocycles. The molecule has 2 atom stereocenters. The molecule has 0 saturated carbocycles. The van der Waals surface area contributed by atoms with Crippen LogP contribution in [-0.4, -0.2) is 25.6 Å². The lowest BCUT2D eigenvalue weighted by Gasteiger charge is -2.18. The number of hydrogen-bond donors (Lipinski definition) is 3. The zero-order chi connectivity index (χ0) is 14.3. The first-order valence-corrected chi connectivity index (χ1v) is 6.48. The maximum atomic E-state index is 11.9. The Labute approximate surface area is 126 Å². The highest BCUT2D eigenvalue weighted by Crippen LogP contribution is 2.17. The Bertz CT molecular complexity index is 398. The maximum absolute atomic E-state index is 11.9. The van der Waals surface area contributed by atoms with Crippen LogP contribution < -0.4 is 21.5 Å². The first kappa shape index (κ1) is 18.7. The van der Waals surface area contributed by atoms with Crippen molar-refractivity contribution in [3.05, 3.63) is 29.8 Å². The molecule has 0 unspecified atom stereocenters. The van der Waals surface area contributed by atoms with E-state index in [-0.39, 0.29) is 24.4 Å². The topological polar surface area (TPSA) is 90.4 Å². The van der Waals surface area contributed by atoms with E-state index in [1.54, 1.807) is 7.11 Å². The molecule has 1 rings (SSSR count). The molecule has 0 bridgehead atoms. The van der Waals surface area contributed by atoms with Gasteiger partial charge in [0.2, 0.25) is 5.91 Å². The predicted octanol–water partition coefficient (Wildman–Crippen LogP) is 1.36. The molecule has 0 aliphatic carbocycles. The van der Waals surface area contributed by atoms with Crippen LogP contribution >= 0.6 is 12.4 Å². The van der Waals surface area contributed by atoms with Crippen LogP contribution in [0.4, 0.5) is 0 Å². The minimum absolute atomic E-state index is 0. The molecule has 0 spiro atoms. The van der Waals surface area contributed by atoms with Gasteiger partial charge in [-0.2, -0.15) is 0 Å². The van der Waals surface area contributed by atoms with Gasteiger partial charge in [-0.05, 0) is 44.0 Å². The van der Waals surface area contributed by atoms with Gasteiger partial charge in [-0.1, -0.05) is 12.1 Å². The molecule has 5 N–H and O–H groups in total. The van der Waals surface area contributed by atoms with Crippen molar-refractivity contribution in [2.45, 2.75) is 31.8 Å². The third-order valence-corrected chi connectivity index (χ3v) is 3.03. The van der Waals surface area contributed by atoms with Gasteiger partial charge in [0.05, 0.1) is 19.2 Å². The summed E-state index contributed by atoms with van der Waals surface area (Å²) in [6, 6.07) is 7.01. The summed E-state index contributed by atoms with van der Waals surface area (Å²) in [5, 5.41) is 2.90. The van der Waals surface area contributed by atoms with Crippen LogP contribution in [0.1, 0.15) is 31.4 Å². The molecule has 0 fully saturated rings. The Morgan fingerprint density at radius 1 is 1.35 bits per heavy atom. The van der Waals surface area contributed by atoms with E-state index >= 15 is 0 Å². The SMILES string of the molecule is COc1ccc([C@H](C)NC(=O)[C@H](N)CCCN)cc1.Cl. The Kier molecular flexibility index (Phi) is 8.96. The molecule has 6 heteroatoms. The first-order valence-electron chi connectivity index (χ1n) is 6.48. The monoisotopic (exact) mass is 301 g/mol. The second-order valence-corrected chi connectivity index (χ2v) is 4.54. The highest BCUT2D eigenvalue weighted by molar-refractivity contribution is 5.85. The van der Waals surface area contributed by atoms with Crippen molar-refractivity contribution >= 4 is 18.3 Å². The van der Waals surface area contributed by atoms with Crippen molar-refractivity contribution in [2.75, 3.05) is 13.7 Å². The van der Waals surface area contributed by atoms with Gasteiger partial charge in [0.25, 0.3) is 0 Å². The lowest BCUT2D eigenvalue weighted by Crippen LogP contribution is -2.41. The Balaban J connectivity index is 0.00000361. The molecule has 114 valence electrons. The van der Waals surface area contributed by atoms with Gasteiger partial charge in [0.1, 0.15) is 5.75 Å². The van der Waals surface area contributed by atoms with Crippen LogP contribution in [0.2, 0.25) is 0 Å². The van der Waals surface area contributed by atoms with E-state index in [1.807, 2.05) is 31.2 Å². The third kappa shape index (κ3) is 5.77. The number of ether oxygens (including phenoxy) is 1. The lowest BCUT2D eigenvalue weighted by molar-refractivity contribution is -0.123. The predicted molar refractivity (Wildman–Crippen MR) is 83.1 cm³/mol. The number of amides is 1. The molecule has 1 amide bonds. The standard InChI is InChI=1S/C14H23N3O2.ClH/c1-10(11-5-7-12(19-2)8-6-11)17-14(18)13(16)4-3-9-15;/h5-8,10,13H,3-4,9,15-16H2,1-2H3,(H,17,18);1H/t10-,13+;/m0./s1. The number of halogens is 1. The number of nitrogens with two attached hydrogens (primary N) is 2. The molecule has 0 radical (unpaired) electrons. The van der Waals surface area contributed by atoms with E-state index in [1.165, 1.54) is 0 Å². The molecular weight excluding hydrogens is 278 g/mol. The second-order valence-electron chi connectivity index (χ2n) is 4.54. The first-order chi connectivity index (χ1) is 9.08. The van der Waals surface area contributed by atoms with E-state index in [0.717, 1.165) is 17.7 Å². The maximum Gasteiger partial charge on any atom is 0.237 e. The van der Waals surface area contributed by atoms with Crippen LogP contribution in [-0.2, 0) is 4.79 Å². The average molecular weight is 302 g/mol. The van der Waals surface area contributed by atoms with Crippen LogP contribution in [0.15, 0.2) is 24.3 Å². The summed E-state index contributed by atoms with van der Waals surface area (Å²) in [5.41, 5.74) is 12.2. The highest BCUT2D eigenvalue weighted by Gasteiger charge is 2.16. The summed E-state index contributed by atoms with van der Waals surface area (Å²) in [7, 11) is 1.62. The molecule has 20 heavy (non-hydrogen) atoms. The van der Waals surface area contributed by atoms with Gasteiger partial charge < -0.3 is 21.5 Å². The zero-order valence-corrected chi connectivity index (χ0v) is 12.8. The van der Waals surface area contributed by atoms with Gasteiger partial charge in [0, 0.05) is 0 Å². The zero-order valence-electron chi connectivity index (χ0n) is 12.0. The minimum Gasteiger partial charge on any atom is -0.497 e. The van der Waals surface area contributed by atoms with Crippen molar-refractivity contribution in [1.29, 1.82) is 0 Å². The van der Waals surface area contributed by atoms with Gasteiger partial charge in [-0.15, -0.1) is 12.4 Å². The quantitative estimate of drug-likeness (QED) is 0.709. The van der Waals surface area contributed by atoms with Crippen molar-refractivity contribution in [2.24, 2.45) is 11.5 Å². The Hall–Kier alpha value is -1.30. The molecular formula is C14H24ClN3O2. The van der Waals surface area contributed by atoms with E-state index < -0.39 is 6.04 Å². The molecule has 0 aliphatic rings. The molecule has 5 nitrogen and oxygen atoms in total. The number of nitrogens with one attached hydrogen (secondary N) is 1. The van der Waals surface area contributed by atoms with Crippen LogP contribution in [0.5, 0.6) is 5.75 Å². The summed E-state index contributed by atoms with van der Waals surface area (Å²) in [5.74, 6) is 0.652. The number of benzene rings is 1. The van der Waals surface area contributed by atoms with Crippen LogP contribution in [0.25, 0.3) is 0 Å². The van der Waals surface area contributed by atoms with Crippen LogP contribution in [0, 0.1) is 0 Å². The number of hydrogen-bond acceptors (Lipinski definition) is 4. The van der Waals surface area contributed by atoms with Gasteiger partial charge in [-0.25, -0.2) is 0 Å². The second kappa shape index (κ2) is 9.58. The molecule has 0 saturated heterocycles. The van der Waals surface area contributed by atoms with Crippen molar-refractivity contribution < 1.29 is 9.53 Å². The van der Waals surface area contributed by atoms with Crippen molar-refractivity contribution in [1.82, 2.24) is 5.32 Å². The summed E-state index contributed by atoms with van der Waals surface area (Å²) < 4.78 is 5.09. The molecule has 0 aromatic heterocycles. The molecule has 0 heterocycles. The highest BCUT2D eigenvalue weighted by atomic mass is 35.5. The van der Waals surface area contributed by atoms with Gasteiger partial charge >= 0.3 is 0 Å². The number of methoxy groups -OCH3 is 1. The van der Waals surface area contributed by atoms with E-state index in [2.05, 4.69) is 5.32 Å². The number of carbonyl (C=O) groups is 1. The number of carbonyl (C=O) groups excluding carboxylic acids is 1. The van der Waals surface area contributed by atoms with Crippen molar-refractivity contribution in [3.8, 4) is 5.75 Å². The normalized spacial score (nSPS) is 13.0. The van der Waals surface area contributed by atoms with Crippen molar-refractivity contribution in [3.63, 3.8) is 0 Å².